The molecule has 3 heterocycles. The summed E-state index contributed by atoms with van der Waals surface area (Å²) < 4.78 is 9.64. The first-order valence-electron chi connectivity index (χ1n) is 9.08. The van der Waals surface area contributed by atoms with Crippen LogP contribution >= 0.6 is 0 Å². The number of aromatic nitrogens is 4. The summed E-state index contributed by atoms with van der Waals surface area (Å²) in [6.45, 7) is 2.58. The minimum atomic E-state index is 0.143. The van der Waals surface area contributed by atoms with Gasteiger partial charge in [0.1, 0.15) is 0 Å². The van der Waals surface area contributed by atoms with Crippen LogP contribution in [-0.2, 0) is 25.4 Å². The standard InChI is InChI=1S/C20H25N5O/c1-24-13-17(11-22-24)19-6-4-3-5-15(19)9-21-10-16-7-8-26-20(16)18-12-23-25(2)14-18/h3-6,11-14,16,20-21H,7-10H2,1-2H3/t16-,20+/m1/s1. The highest BCUT2D eigenvalue weighted by molar-refractivity contribution is 5.65. The van der Waals surface area contributed by atoms with Crippen LogP contribution in [-0.4, -0.2) is 32.7 Å². The first-order valence-corrected chi connectivity index (χ1v) is 9.08. The highest BCUT2D eigenvalue weighted by atomic mass is 16.5. The summed E-state index contributed by atoms with van der Waals surface area (Å²) in [4.78, 5) is 0. The van der Waals surface area contributed by atoms with Gasteiger partial charge in [-0.05, 0) is 17.5 Å². The number of hydrogen-bond acceptors (Lipinski definition) is 4. The van der Waals surface area contributed by atoms with Crippen molar-refractivity contribution in [2.75, 3.05) is 13.2 Å². The molecule has 1 N–H and O–H groups in total. The lowest BCUT2D eigenvalue weighted by molar-refractivity contribution is 0.0904. The largest absolute Gasteiger partial charge is 0.373 e. The van der Waals surface area contributed by atoms with Crippen molar-refractivity contribution in [3.8, 4) is 11.1 Å². The fourth-order valence-corrected chi connectivity index (χ4v) is 3.71. The average molecular weight is 351 g/mol. The molecule has 2 aromatic heterocycles. The number of nitrogens with zero attached hydrogens (tertiary/aromatic N) is 4. The van der Waals surface area contributed by atoms with Crippen molar-refractivity contribution in [2.24, 2.45) is 20.0 Å². The molecule has 1 aliphatic rings. The molecule has 1 fully saturated rings. The zero-order valence-electron chi connectivity index (χ0n) is 15.3. The molecule has 0 bridgehead atoms. The van der Waals surface area contributed by atoms with Crippen molar-refractivity contribution in [3.63, 3.8) is 0 Å². The van der Waals surface area contributed by atoms with Crippen LogP contribution in [0.2, 0.25) is 0 Å². The first-order chi connectivity index (χ1) is 12.7. The number of rotatable bonds is 6. The van der Waals surface area contributed by atoms with Gasteiger partial charge in [0.05, 0.1) is 18.5 Å². The Morgan fingerprint density at radius 2 is 1.92 bits per heavy atom. The third kappa shape index (κ3) is 3.57. The van der Waals surface area contributed by atoms with Gasteiger partial charge in [-0.1, -0.05) is 24.3 Å². The third-order valence-corrected chi connectivity index (χ3v) is 5.02. The van der Waals surface area contributed by atoms with Crippen LogP contribution in [0.5, 0.6) is 0 Å². The Labute approximate surface area is 153 Å². The molecule has 0 amide bonds. The second-order valence-electron chi connectivity index (χ2n) is 6.98. The predicted octanol–water partition coefficient (Wildman–Crippen LogP) is 2.69. The second kappa shape index (κ2) is 7.43. The van der Waals surface area contributed by atoms with Crippen LogP contribution in [0.4, 0.5) is 0 Å². The summed E-state index contributed by atoms with van der Waals surface area (Å²) in [6.07, 6.45) is 9.17. The van der Waals surface area contributed by atoms with Crippen LogP contribution in [0.15, 0.2) is 49.1 Å². The number of hydrogen-bond donors (Lipinski definition) is 1. The zero-order valence-corrected chi connectivity index (χ0v) is 15.3. The van der Waals surface area contributed by atoms with E-state index in [1.807, 2.05) is 35.9 Å². The molecule has 2 atom stereocenters. The Morgan fingerprint density at radius 3 is 2.69 bits per heavy atom. The maximum atomic E-state index is 5.96. The van der Waals surface area contributed by atoms with Crippen molar-refractivity contribution in [1.82, 2.24) is 24.9 Å². The van der Waals surface area contributed by atoms with Crippen LogP contribution in [0, 0.1) is 5.92 Å². The van der Waals surface area contributed by atoms with Crippen LogP contribution in [0.25, 0.3) is 11.1 Å². The zero-order chi connectivity index (χ0) is 17.9. The van der Waals surface area contributed by atoms with E-state index in [1.165, 1.54) is 16.7 Å². The van der Waals surface area contributed by atoms with Gasteiger partial charge in [0.15, 0.2) is 0 Å². The predicted molar refractivity (Wildman–Crippen MR) is 100 cm³/mol. The van der Waals surface area contributed by atoms with Gasteiger partial charge in [-0.2, -0.15) is 10.2 Å². The minimum Gasteiger partial charge on any atom is -0.373 e. The fourth-order valence-electron chi connectivity index (χ4n) is 3.71. The quantitative estimate of drug-likeness (QED) is 0.742. The van der Waals surface area contributed by atoms with Gasteiger partial charge in [0.2, 0.25) is 0 Å². The van der Waals surface area contributed by atoms with Crippen molar-refractivity contribution < 1.29 is 4.74 Å². The second-order valence-corrected chi connectivity index (χ2v) is 6.98. The lowest BCUT2D eigenvalue weighted by Crippen LogP contribution is -2.24. The Balaban J connectivity index is 1.41. The molecular formula is C20H25N5O. The van der Waals surface area contributed by atoms with E-state index >= 15 is 0 Å². The molecule has 6 nitrogen and oxygen atoms in total. The molecule has 0 spiro atoms. The summed E-state index contributed by atoms with van der Waals surface area (Å²) in [5, 5.41) is 12.2. The van der Waals surface area contributed by atoms with E-state index in [9.17, 15) is 0 Å². The van der Waals surface area contributed by atoms with Crippen LogP contribution < -0.4 is 5.32 Å². The average Bonchev–Trinajstić information content (AvgIpc) is 3.36. The van der Waals surface area contributed by atoms with E-state index in [0.29, 0.717) is 5.92 Å². The van der Waals surface area contributed by atoms with Gasteiger partial charge < -0.3 is 10.1 Å². The van der Waals surface area contributed by atoms with Gasteiger partial charge in [-0.15, -0.1) is 0 Å². The van der Waals surface area contributed by atoms with Crippen LogP contribution in [0.1, 0.15) is 23.7 Å². The Morgan fingerprint density at radius 1 is 1.12 bits per heavy atom. The monoisotopic (exact) mass is 351 g/mol. The lowest BCUT2D eigenvalue weighted by Gasteiger charge is -2.18. The Bertz CT molecular complexity index is 868. The normalized spacial score (nSPS) is 19.9. The summed E-state index contributed by atoms with van der Waals surface area (Å²) in [5.74, 6) is 0.477. The Hall–Kier alpha value is -2.44. The van der Waals surface area contributed by atoms with E-state index in [2.05, 4.69) is 52.2 Å². The highest BCUT2D eigenvalue weighted by Crippen LogP contribution is 2.34. The first kappa shape index (κ1) is 17.0. The molecule has 1 saturated heterocycles. The van der Waals surface area contributed by atoms with E-state index < -0.39 is 0 Å². The summed E-state index contributed by atoms with van der Waals surface area (Å²) >= 11 is 0. The Kier molecular flexibility index (Phi) is 4.86. The smallest absolute Gasteiger partial charge is 0.0896 e. The molecule has 4 rings (SSSR count). The summed E-state index contributed by atoms with van der Waals surface area (Å²) in [5.41, 5.74) is 4.85. The van der Waals surface area contributed by atoms with Crippen molar-refractivity contribution in [2.45, 2.75) is 19.1 Å². The number of nitrogens with one attached hydrogen (secondary N) is 1. The molecule has 0 saturated carbocycles. The van der Waals surface area contributed by atoms with E-state index in [-0.39, 0.29) is 6.10 Å². The van der Waals surface area contributed by atoms with Gasteiger partial charge in [-0.25, -0.2) is 0 Å². The minimum absolute atomic E-state index is 0.143. The van der Waals surface area contributed by atoms with Gasteiger partial charge in [0.25, 0.3) is 0 Å². The van der Waals surface area contributed by atoms with Crippen molar-refractivity contribution in [3.05, 3.63) is 60.2 Å². The van der Waals surface area contributed by atoms with Gasteiger partial charge in [0, 0.05) is 63.2 Å². The third-order valence-electron chi connectivity index (χ3n) is 5.02. The molecule has 6 heteroatoms. The highest BCUT2D eigenvalue weighted by Gasteiger charge is 2.30. The molecule has 1 aromatic carbocycles. The van der Waals surface area contributed by atoms with Gasteiger partial charge >= 0.3 is 0 Å². The number of aryl methyl sites for hydroxylation is 2. The molecular weight excluding hydrogens is 326 g/mol. The molecule has 0 radical (unpaired) electrons. The molecule has 1 aliphatic heterocycles. The fraction of sp³-hybridized carbons (Fsp3) is 0.400. The molecule has 136 valence electrons. The number of benzene rings is 1. The maximum Gasteiger partial charge on any atom is 0.0896 e. The molecule has 0 unspecified atom stereocenters. The maximum absolute atomic E-state index is 5.96. The topological polar surface area (TPSA) is 56.9 Å². The molecule has 3 aromatic rings. The van der Waals surface area contributed by atoms with Crippen LogP contribution in [0.3, 0.4) is 0 Å². The van der Waals surface area contributed by atoms with E-state index in [1.54, 1.807) is 0 Å². The SMILES string of the molecule is Cn1cc(-c2ccccc2CNC[C@H]2CCO[C@@H]2c2cnn(C)c2)cn1. The summed E-state index contributed by atoms with van der Waals surface area (Å²) in [6, 6.07) is 8.51. The van der Waals surface area contributed by atoms with Gasteiger partial charge in [-0.3, -0.25) is 9.36 Å². The molecule has 0 aliphatic carbocycles. The van der Waals surface area contributed by atoms with Crippen molar-refractivity contribution in [1.29, 1.82) is 0 Å². The summed E-state index contributed by atoms with van der Waals surface area (Å²) in [7, 11) is 3.89. The van der Waals surface area contributed by atoms with Crippen molar-refractivity contribution >= 4 is 0 Å². The molecule has 26 heavy (non-hydrogen) atoms. The van der Waals surface area contributed by atoms with E-state index in [4.69, 9.17) is 4.74 Å². The number of ether oxygens (including phenoxy) is 1. The van der Waals surface area contributed by atoms with E-state index in [0.717, 1.165) is 31.7 Å². The lowest BCUT2D eigenvalue weighted by atomic mass is 9.97.